The van der Waals surface area contributed by atoms with Crippen molar-refractivity contribution in [2.75, 3.05) is 29.8 Å². The van der Waals surface area contributed by atoms with Crippen LogP contribution in [0.3, 0.4) is 0 Å². The number of nitrogens with one attached hydrogen (secondary N) is 2. The molecule has 31 heavy (non-hydrogen) atoms. The van der Waals surface area contributed by atoms with Crippen molar-refractivity contribution in [3.8, 4) is 0 Å². The first-order valence-corrected chi connectivity index (χ1v) is 11.2. The van der Waals surface area contributed by atoms with Gasteiger partial charge < -0.3 is 15.3 Å². The van der Waals surface area contributed by atoms with Gasteiger partial charge in [0.15, 0.2) is 5.82 Å². The molecule has 3 N–H and O–H groups in total. The van der Waals surface area contributed by atoms with Crippen LogP contribution in [0.5, 0.6) is 0 Å². The molecule has 1 fully saturated rings. The highest BCUT2D eigenvalue weighted by molar-refractivity contribution is 7.92. The lowest BCUT2D eigenvalue weighted by Crippen LogP contribution is -2.34. The second-order valence-electron chi connectivity index (χ2n) is 6.61. The fourth-order valence-electron chi connectivity index (χ4n) is 2.85. The normalized spacial score (nSPS) is 16.4. The van der Waals surface area contributed by atoms with Crippen LogP contribution in [0.2, 0.25) is 0 Å². The molecular weight excluding hydrogens is 464 g/mol. The molecule has 0 bridgehead atoms. The Bertz CT molecular complexity index is 1010. The van der Waals surface area contributed by atoms with Gasteiger partial charge in [0, 0.05) is 30.7 Å². The van der Waals surface area contributed by atoms with Gasteiger partial charge in [0.05, 0.1) is 5.51 Å². The van der Waals surface area contributed by atoms with Crippen LogP contribution in [0.25, 0.3) is 0 Å². The standard InChI is InChI=1S/C15H19FN4O2S2.C2HF3O2/c1-10-5-14(24(21,22)19-15-8-23-9-18-15)12(16)6-13(10)20(2)11-3-4-17-7-11;3-2(4,5)1(6)7/h5-6,8-9,11,17,19H,3-4,7H2,1-2H3;(H,6,7). The number of carboxylic acids is 1. The summed E-state index contributed by atoms with van der Waals surface area (Å²) in [6.07, 6.45) is -4.11. The number of hydrogen-bond acceptors (Lipinski definition) is 7. The van der Waals surface area contributed by atoms with Gasteiger partial charge in [-0.25, -0.2) is 22.6 Å². The number of anilines is 2. The fourth-order valence-corrected chi connectivity index (χ4v) is 4.56. The first-order valence-electron chi connectivity index (χ1n) is 8.77. The summed E-state index contributed by atoms with van der Waals surface area (Å²) < 4.78 is 73.4. The van der Waals surface area contributed by atoms with Crippen LogP contribution in [-0.4, -0.2) is 56.8 Å². The summed E-state index contributed by atoms with van der Waals surface area (Å²) in [7, 11) is -2.11. The van der Waals surface area contributed by atoms with E-state index < -0.39 is 28.0 Å². The van der Waals surface area contributed by atoms with Gasteiger partial charge >= 0.3 is 12.1 Å². The van der Waals surface area contributed by atoms with Crippen molar-refractivity contribution >= 4 is 38.8 Å². The monoisotopic (exact) mass is 484 g/mol. The van der Waals surface area contributed by atoms with E-state index >= 15 is 0 Å². The number of hydrogen-bond donors (Lipinski definition) is 3. The maximum Gasteiger partial charge on any atom is 0.490 e. The third kappa shape index (κ3) is 6.51. The van der Waals surface area contributed by atoms with E-state index in [0.29, 0.717) is 11.3 Å². The molecule has 0 spiro atoms. The molecule has 1 aliphatic rings. The highest BCUT2D eigenvalue weighted by Gasteiger charge is 2.38. The Morgan fingerprint density at radius 3 is 2.52 bits per heavy atom. The predicted octanol–water partition coefficient (Wildman–Crippen LogP) is 2.82. The third-order valence-corrected chi connectivity index (χ3v) is 6.37. The molecule has 0 saturated carbocycles. The minimum absolute atomic E-state index is 0.190. The van der Waals surface area contributed by atoms with Crippen molar-refractivity contribution in [1.82, 2.24) is 10.3 Å². The molecule has 172 valence electrons. The summed E-state index contributed by atoms with van der Waals surface area (Å²) in [5.41, 5.74) is 2.92. The van der Waals surface area contributed by atoms with Crippen LogP contribution in [-0.2, 0) is 14.8 Å². The zero-order valence-corrected chi connectivity index (χ0v) is 18.0. The van der Waals surface area contributed by atoms with E-state index in [1.165, 1.54) is 29.0 Å². The Morgan fingerprint density at radius 2 is 2.03 bits per heavy atom. The minimum Gasteiger partial charge on any atom is -0.475 e. The summed E-state index contributed by atoms with van der Waals surface area (Å²) in [6.45, 7) is 3.55. The summed E-state index contributed by atoms with van der Waals surface area (Å²) in [6, 6.07) is 2.94. The van der Waals surface area contributed by atoms with Crippen molar-refractivity contribution in [2.45, 2.75) is 30.5 Å². The number of benzene rings is 1. The Labute approximate surface area is 180 Å². The van der Waals surface area contributed by atoms with E-state index in [1.54, 1.807) is 12.3 Å². The molecular formula is C17H20F4N4O4S2. The molecule has 2 aromatic rings. The van der Waals surface area contributed by atoms with Crippen molar-refractivity contribution in [2.24, 2.45) is 0 Å². The SMILES string of the molecule is Cc1cc(S(=O)(=O)Nc2cscn2)c(F)cc1N(C)C1CCNC1.O=C(O)C(F)(F)F. The van der Waals surface area contributed by atoms with Crippen molar-refractivity contribution < 1.29 is 35.9 Å². The number of aryl methyl sites for hydroxylation is 1. The Morgan fingerprint density at radius 1 is 1.39 bits per heavy atom. The van der Waals surface area contributed by atoms with E-state index in [-0.39, 0.29) is 16.8 Å². The van der Waals surface area contributed by atoms with Crippen molar-refractivity contribution in [1.29, 1.82) is 0 Å². The minimum atomic E-state index is -5.08. The lowest BCUT2D eigenvalue weighted by Gasteiger charge is -2.28. The first-order chi connectivity index (χ1) is 14.3. The molecule has 0 radical (unpaired) electrons. The topological polar surface area (TPSA) is 112 Å². The molecule has 0 aliphatic carbocycles. The zero-order chi connectivity index (χ0) is 23.4. The van der Waals surface area contributed by atoms with Crippen LogP contribution in [0.15, 0.2) is 27.9 Å². The van der Waals surface area contributed by atoms with Gasteiger partial charge in [-0.3, -0.25) is 4.72 Å². The molecule has 14 heteroatoms. The number of alkyl halides is 3. The van der Waals surface area contributed by atoms with Gasteiger partial charge in [-0.1, -0.05) is 0 Å². The fraction of sp³-hybridized carbons (Fsp3) is 0.412. The number of thiazole rings is 1. The zero-order valence-electron chi connectivity index (χ0n) is 16.4. The maximum absolute atomic E-state index is 14.5. The Hall–Kier alpha value is -2.45. The van der Waals surface area contributed by atoms with Gasteiger partial charge in [0.2, 0.25) is 0 Å². The molecule has 1 unspecified atom stereocenters. The summed E-state index contributed by atoms with van der Waals surface area (Å²) in [4.78, 5) is 14.4. The smallest absolute Gasteiger partial charge is 0.475 e. The van der Waals surface area contributed by atoms with Crippen LogP contribution >= 0.6 is 11.3 Å². The molecule has 1 saturated heterocycles. The number of halogens is 4. The van der Waals surface area contributed by atoms with Crippen molar-refractivity contribution in [3.05, 3.63) is 34.4 Å². The summed E-state index contributed by atoms with van der Waals surface area (Å²) in [5.74, 6) is -3.33. The quantitative estimate of drug-likeness (QED) is 0.560. The lowest BCUT2D eigenvalue weighted by atomic mass is 10.1. The lowest BCUT2D eigenvalue weighted by molar-refractivity contribution is -0.192. The molecule has 1 atom stereocenters. The van der Waals surface area contributed by atoms with E-state index in [0.717, 1.165) is 19.5 Å². The maximum atomic E-state index is 14.5. The van der Waals surface area contributed by atoms with Gasteiger partial charge in [-0.05, 0) is 37.6 Å². The van der Waals surface area contributed by atoms with Gasteiger partial charge in [0.25, 0.3) is 10.0 Å². The van der Waals surface area contributed by atoms with Gasteiger partial charge in [-0.15, -0.1) is 11.3 Å². The molecule has 1 aromatic heterocycles. The van der Waals surface area contributed by atoms with Crippen LogP contribution < -0.4 is 14.9 Å². The third-order valence-electron chi connectivity index (χ3n) is 4.42. The second kappa shape index (κ2) is 9.78. The Balaban J connectivity index is 0.000000423. The number of rotatable bonds is 5. The summed E-state index contributed by atoms with van der Waals surface area (Å²) >= 11 is 1.26. The highest BCUT2D eigenvalue weighted by Crippen LogP contribution is 2.29. The van der Waals surface area contributed by atoms with Crippen LogP contribution in [0, 0.1) is 12.7 Å². The van der Waals surface area contributed by atoms with Crippen molar-refractivity contribution in [3.63, 3.8) is 0 Å². The van der Waals surface area contributed by atoms with E-state index in [9.17, 15) is 26.0 Å². The molecule has 1 aromatic carbocycles. The van der Waals surface area contributed by atoms with Gasteiger partial charge in [0.1, 0.15) is 10.7 Å². The number of aromatic nitrogens is 1. The number of likely N-dealkylation sites (N-methyl/N-ethyl adjacent to an activating group) is 1. The summed E-state index contributed by atoms with van der Waals surface area (Å²) in [5, 5.41) is 11.9. The van der Waals surface area contributed by atoms with Gasteiger partial charge in [-0.2, -0.15) is 13.2 Å². The molecule has 8 nitrogen and oxygen atoms in total. The average Bonchev–Trinajstić information content (AvgIpc) is 3.36. The molecule has 0 amide bonds. The average molecular weight is 484 g/mol. The largest absolute Gasteiger partial charge is 0.490 e. The Kier molecular flexibility index (Phi) is 7.83. The molecule has 3 rings (SSSR count). The first kappa shape index (κ1) is 24.8. The molecule has 2 heterocycles. The van der Waals surface area contributed by atoms with Crippen LogP contribution in [0.4, 0.5) is 29.1 Å². The highest BCUT2D eigenvalue weighted by atomic mass is 32.2. The number of aliphatic carboxylic acids is 1. The van der Waals surface area contributed by atoms with Crippen LogP contribution in [0.1, 0.15) is 12.0 Å². The number of sulfonamides is 1. The van der Waals surface area contributed by atoms with E-state index in [4.69, 9.17) is 9.90 Å². The second-order valence-corrected chi connectivity index (χ2v) is 8.98. The molecule has 1 aliphatic heterocycles. The predicted molar refractivity (Wildman–Crippen MR) is 107 cm³/mol. The number of carboxylic acid groups (broad SMARTS) is 1. The van der Waals surface area contributed by atoms with E-state index in [1.807, 2.05) is 11.9 Å². The van der Waals surface area contributed by atoms with E-state index in [2.05, 4.69) is 15.0 Å². The number of nitrogens with zero attached hydrogens (tertiary/aromatic N) is 2. The number of carbonyl (C=O) groups is 1.